The van der Waals surface area contributed by atoms with Crippen LogP contribution in [0.15, 0.2) is 11.0 Å². The molecule has 1 rings (SSSR count). The summed E-state index contributed by atoms with van der Waals surface area (Å²) in [6, 6.07) is 0. The maximum Gasteiger partial charge on any atom is 0.341 e. The molecule has 1 heterocycles. The highest BCUT2D eigenvalue weighted by atomic mass is 79.9. The number of rotatable bonds is 2. The molecule has 0 saturated carbocycles. The van der Waals surface area contributed by atoms with E-state index in [0.29, 0.717) is 0 Å². The van der Waals surface area contributed by atoms with E-state index in [1.807, 2.05) is 5.43 Å². The fourth-order valence-electron chi connectivity index (χ4n) is 0.875. The van der Waals surface area contributed by atoms with Crippen LogP contribution in [0.2, 0.25) is 0 Å². The van der Waals surface area contributed by atoms with E-state index < -0.39 is 20.4 Å². The summed E-state index contributed by atoms with van der Waals surface area (Å²) in [5, 5.41) is 8.72. The molecule has 1 aliphatic rings. The molecule has 78 valence electrons. The number of alkyl halides is 2. The maximum atomic E-state index is 11.4. The van der Waals surface area contributed by atoms with E-state index >= 15 is 0 Å². The average Bonchev–Trinajstić information content (AvgIpc) is 2.43. The molecule has 5 nitrogen and oxygen atoms in total. The highest BCUT2D eigenvalue weighted by Crippen LogP contribution is 2.50. The van der Waals surface area contributed by atoms with E-state index in [-0.39, 0.29) is 4.91 Å². The number of thioether (sulfide) groups is 1. The molecule has 0 radical (unpaired) electrons. The summed E-state index contributed by atoms with van der Waals surface area (Å²) in [6.45, 7) is 0. The van der Waals surface area contributed by atoms with E-state index in [2.05, 4.69) is 31.9 Å². The van der Waals surface area contributed by atoms with Gasteiger partial charge >= 0.3 is 5.97 Å². The number of carbonyl (C=O) groups excluding carboxylic acids is 1. The number of amides is 1. The lowest BCUT2D eigenvalue weighted by Crippen LogP contribution is -2.46. The Hall–Kier alpha value is -0.0500. The molecule has 4 N–H and O–H groups in total. The Labute approximate surface area is 101 Å². The lowest BCUT2D eigenvalue weighted by molar-refractivity contribution is -0.131. The van der Waals surface area contributed by atoms with E-state index in [0.717, 1.165) is 11.8 Å². The summed E-state index contributed by atoms with van der Waals surface area (Å²) in [5.74, 6) is 3.43. The number of nitrogens with one attached hydrogen (secondary N) is 1. The van der Waals surface area contributed by atoms with Gasteiger partial charge in [0.2, 0.25) is 0 Å². The molecule has 0 aromatic carbocycles. The van der Waals surface area contributed by atoms with Gasteiger partial charge in [0, 0.05) is 0 Å². The van der Waals surface area contributed by atoms with Crippen molar-refractivity contribution >= 4 is 55.5 Å². The van der Waals surface area contributed by atoms with Crippen molar-refractivity contribution in [3.8, 4) is 0 Å². The molecule has 8 heteroatoms. The quantitative estimate of drug-likeness (QED) is 0.294. The number of nitrogens with two attached hydrogens (primary N) is 1. The zero-order chi connectivity index (χ0) is 10.9. The van der Waals surface area contributed by atoms with Gasteiger partial charge in [-0.15, -0.1) is 0 Å². The summed E-state index contributed by atoms with van der Waals surface area (Å²) in [7, 11) is 0. The van der Waals surface area contributed by atoms with E-state index in [1.54, 1.807) is 0 Å². The van der Waals surface area contributed by atoms with E-state index in [1.165, 1.54) is 6.08 Å². The Bertz CT molecular complexity index is 322. The number of hydrogen-bond acceptors (Lipinski definition) is 4. The summed E-state index contributed by atoms with van der Waals surface area (Å²) in [5.41, 5.74) is 1.97. The van der Waals surface area contributed by atoms with Gasteiger partial charge in [-0.05, 0) is 6.08 Å². The van der Waals surface area contributed by atoms with Gasteiger partial charge in [-0.2, -0.15) is 0 Å². The molecule has 0 aliphatic carbocycles. The number of hydrazine groups is 1. The molecule has 1 aliphatic heterocycles. The number of aliphatic carboxylic acids is 1. The molecule has 2 atom stereocenters. The normalized spacial score (nSPS) is 31.1. The summed E-state index contributed by atoms with van der Waals surface area (Å²) >= 11 is 7.24. The first-order valence-corrected chi connectivity index (χ1v) is 5.92. The molecule has 0 aromatic heterocycles. The first-order valence-electron chi connectivity index (χ1n) is 3.40. The van der Waals surface area contributed by atoms with Gasteiger partial charge in [0.25, 0.3) is 5.91 Å². The molecule has 0 saturated heterocycles. The van der Waals surface area contributed by atoms with Gasteiger partial charge in [-0.3, -0.25) is 10.2 Å². The monoisotopic (exact) mass is 344 g/mol. The second-order valence-electron chi connectivity index (χ2n) is 2.46. The Morgan fingerprint density at radius 3 is 2.64 bits per heavy atom. The molecular weight excluding hydrogens is 340 g/mol. The minimum Gasteiger partial charge on any atom is -0.477 e. The fraction of sp³-hybridized carbons (Fsp3) is 0.333. The standard InChI is InChI=1S/C6H6Br2N2O3S/c7-3-1-2(4(11)12)14-6(3,8)5(13)10-9/h1,3H,9H2,(H,10,13)(H,11,12)/t3-,6-/m0/s1. The first-order chi connectivity index (χ1) is 6.41. The van der Waals surface area contributed by atoms with Gasteiger partial charge in [0.15, 0.2) is 3.66 Å². The number of halogens is 2. The van der Waals surface area contributed by atoms with Crippen molar-refractivity contribution in [2.45, 2.75) is 8.48 Å². The number of hydrogen-bond donors (Lipinski definition) is 3. The third kappa shape index (κ3) is 1.97. The topological polar surface area (TPSA) is 92.4 Å². The lowest BCUT2D eigenvalue weighted by Gasteiger charge is -2.22. The predicted molar refractivity (Wildman–Crippen MR) is 60.0 cm³/mol. The van der Waals surface area contributed by atoms with Gasteiger partial charge in [-0.25, -0.2) is 10.6 Å². The Kier molecular flexibility index (Phi) is 3.62. The van der Waals surface area contributed by atoms with Gasteiger partial charge in [0.05, 0.1) is 9.73 Å². The first kappa shape index (κ1) is 12.0. The van der Waals surface area contributed by atoms with Crippen molar-refractivity contribution in [3.05, 3.63) is 11.0 Å². The molecule has 0 fully saturated rings. The van der Waals surface area contributed by atoms with Crippen LogP contribution in [0.25, 0.3) is 0 Å². The summed E-state index contributed by atoms with van der Waals surface area (Å²) in [6.07, 6.45) is 1.44. The number of carbonyl (C=O) groups is 2. The minimum absolute atomic E-state index is 0.104. The number of carboxylic acid groups (broad SMARTS) is 1. The van der Waals surface area contributed by atoms with Crippen molar-refractivity contribution in [1.29, 1.82) is 0 Å². The molecule has 0 spiro atoms. The molecular formula is C6H6Br2N2O3S. The van der Waals surface area contributed by atoms with Crippen molar-refractivity contribution in [1.82, 2.24) is 5.43 Å². The number of allylic oxidation sites excluding steroid dienone is 1. The van der Waals surface area contributed by atoms with Crippen LogP contribution < -0.4 is 11.3 Å². The van der Waals surface area contributed by atoms with Gasteiger partial charge in [-0.1, -0.05) is 43.6 Å². The minimum atomic E-state index is -1.09. The Morgan fingerprint density at radius 2 is 2.29 bits per heavy atom. The van der Waals surface area contributed by atoms with Crippen LogP contribution >= 0.6 is 43.6 Å². The zero-order valence-electron chi connectivity index (χ0n) is 6.66. The fourth-order valence-corrected chi connectivity index (χ4v) is 3.52. The second kappa shape index (κ2) is 4.21. The van der Waals surface area contributed by atoms with Crippen molar-refractivity contribution in [3.63, 3.8) is 0 Å². The number of carboxylic acids is 1. The van der Waals surface area contributed by atoms with Gasteiger partial charge in [0.1, 0.15) is 0 Å². The molecule has 1 amide bonds. The van der Waals surface area contributed by atoms with Crippen LogP contribution in [0, 0.1) is 0 Å². The second-order valence-corrected chi connectivity index (χ2v) is 6.51. The van der Waals surface area contributed by atoms with Gasteiger partial charge < -0.3 is 5.11 Å². The Morgan fingerprint density at radius 1 is 1.71 bits per heavy atom. The van der Waals surface area contributed by atoms with E-state index in [4.69, 9.17) is 10.9 Å². The highest BCUT2D eigenvalue weighted by molar-refractivity contribution is 9.14. The summed E-state index contributed by atoms with van der Waals surface area (Å²) < 4.78 is -1.09. The summed E-state index contributed by atoms with van der Waals surface area (Å²) in [4.78, 5) is 21.7. The molecule has 0 bridgehead atoms. The largest absolute Gasteiger partial charge is 0.477 e. The molecule has 0 unspecified atom stereocenters. The Balaban J connectivity index is 2.90. The average molecular weight is 346 g/mol. The van der Waals surface area contributed by atoms with Crippen LogP contribution in [0.4, 0.5) is 0 Å². The van der Waals surface area contributed by atoms with Crippen molar-refractivity contribution < 1.29 is 14.7 Å². The molecule has 0 aromatic rings. The van der Waals surface area contributed by atoms with Crippen molar-refractivity contribution in [2.75, 3.05) is 0 Å². The van der Waals surface area contributed by atoms with Crippen molar-refractivity contribution in [2.24, 2.45) is 5.84 Å². The smallest absolute Gasteiger partial charge is 0.341 e. The van der Waals surface area contributed by atoms with E-state index in [9.17, 15) is 9.59 Å². The van der Waals surface area contributed by atoms with Crippen LogP contribution in [0.3, 0.4) is 0 Å². The SMILES string of the molecule is NNC(=O)[C@@]1(Br)SC(C(=O)O)=C[C@@H]1Br. The third-order valence-corrected chi connectivity index (χ3v) is 6.04. The van der Waals surface area contributed by atoms with Crippen LogP contribution in [0.1, 0.15) is 0 Å². The predicted octanol–water partition coefficient (Wildman–Crippen LogP) is 0.546. The maximum absolute atomic E-state index is 11.4. The van der Waals surface area contributed by atoms with Crippen LogP contribution in [-0.4, -0.2) is 25.5 Å². The van der Waals surface area contributed by atoms with Crippen LogP contribution in [0.5, 0.6) is 0 Å². The van der Waals surface area contributed by atoms with Crippen LogP contribution in [-0.2, 0) is 9.59 Å². The molecule has 14 heavy (non-hydrogen) atoms. The third-order valence-electron chi connectivity index (χ3n) is 1.56. The zero-order valence-corrected chi connectivity index (χ0v) is 10.6. The lowest BCUT2D eigenvalue weighted by atomic mass is 10.2. The highest BCUT2D eigenvalue weighted by Gasteiger charge is 2.48.